The fourth-order valence-corrected chi connectivity index (χ4v) is 2.93. The molecule has 4 rings (SSSR count). The fourth-order valence-electron chi connectivity index (χ4n) is 2.93. The van der Waals surface area contributed by atoms with Crippen LogP contribution in [0, 0.1) is 13.8 Å². The Morgan fingerprint density at radius 2 is 1.64 bits per heavy atom. The number of aromatic nitrogens is 3. The van der Waals surface area contributed by atoms with Crippen LogP contribution in [0.1, 0.15) is 21.6 Å². The first-order chi connectivity index (χ1) is 13.6. The number of hydrogen-bond donors (Lipinski definition) is 2. The molecule has 4 aromatic rings. The van der Waals surface area contributed by atoms with Crippen molar-refractivity contribution >= 4 is 34.0 Å². The van der Waals surface area contributed by atoms with Crippen LogP contribution < -0.4 is 10.6 Å². The summed E-state index contributed by atoms with van der Waals surface area (Å²) in [5, 5.41) is 7.13. The third-order valence-electron chi connectivity index (χ3n) is 4.63. The number of amides is 1. The Hall–Kier alpha value is -3.80. The molecule has 2 N–H and O–H groups in total. The van der Waals surface area contributed by atoms with Gasteiger partial charge in [0.05, 0.1) is 23.6 Å². The van der Waals surface area contributed by atoms with Gasteiger partial charge >= 0.3 is 0 Å². The molecule has 2 heterocycles. The smallest absolute Gasteiger partial charge is 0.275 e. The number of fused-ring (bicyclic) bond motifs is 1. The number of nitrogens with zero attached hydrogens (tertiary/aromatic N) is 3. The molecule has 0 aliphatic rings. The fraction of sp³-hybridized carbons (Fsp3) is 0.0909. The van der Waals surface area contributed by atoms with Gasteiger partial charge in [0, 0.05) is 17.3 Å². The number of para-hydroxylation sites is 1. The van der Waals surface area contributed by atoms with Gasteiger partial charge in [-0.25, -0.2) is 9.97 Å². The van der Waals surface area contributed by atoms with E-state index in [2.05, 4.69) is 25.6 Å². The minimum absolute atomic E-state index is 0.252. The summed E-state index contributed by atoms with van der Waals surface area (Å²) >= 11 is 0. The van der Waals surface area contributed by atoms with E-state index in [1.54, 1.807) is 12.4 Å². The summed E-state index contributed by atoms with van der Waals surface area (Å²) < 4.78 is 0. The lowest BCUT2D eigenvalue weighted by molar-refractivity contribution is 0.102. The number of carbonyl (C=O) groups is 1. The summed E-state index contributed by atoms with van der Waals surface area (Å²) in [4.78, 5) is 25.5. The predicted octanol–water partition coefficient (Wildman–Crippen LogP) is 4.64. The first kappa shape index (κ1) is 17.6. The number of pyridine rings is 1. The molecule has 2 aromatic carbocycles. The molecule has 0 aliphatic heterocycles. The van der Waals surface area contributed by atoms with E-state index in [0.29, 0.717) is 5.82 Å². The Kier molecular flexibility index (Phi) is 4.68. The zero-order valence-corrected chi connectivity index (χ0v) is 15.6. The molecule has 0 saturated carbocycles. The number of rotatable bonds is 4. The van der Waals surface area contributed by atoms with E-state index in [-0.39, 0.29) is 11.6 Å². The van der Waals surface area contributed by atoms with E-state index >= 15 is 0 Å². The lowest BCUT2D eigenvalue weighted by Crippen LogP contribution is -2.15. The maximum Gasteiger partial charge on any atom is 0.275 e. The summed E-state index contributed by atoms with van der Waals surface area (Å²) in [7, 11) is 0. The molecule has 0 fully saturated rings. The number of carbonyl (C=O) groups excluding carboxylic acids is 1. The Bertz CT molecular complexity index is 1150. The van der Waals surface area contributed by atoms with Crippen molar-refractivity contribution in [1.29, 1.82) is 0 Å². The highest BCUT2D eigenvalue weighted by atomic mass is 16.1. The van der Waals surface area contributed by atoms with Gasteiger partial charge in [-0.3, -0.25) is 9.78 Å². The lowest BCUT2D eigenvalue weighted by Gasteiger charge is -2.11. The molecule has 0 atom stereocenters. The van der Waals surface area contributed by atoms with Gasteiger partial charge in [0.15, 0.2) is 0 Å². The van der Waals surface area contributed by atoms with Crippen molar-refractivity contribution in [2.24, 2.45) is 0 Å². The minimum atomic E-state index is -0.292. The van der Waals surface area contributed by atoms with E-state index in [1.165, 1.54) is 6.20 Å². The minimum Gasteiger partial charge on any atom is -0.337 e. The number of hydrogen-bond acceptors (Lipinski definition) is 5. The summed E-state index contributed by atoms with van der Waals surface area (Å²) in [5.41, 5.74) is 4.86. The van der Waals surface area contributed by atoms with E-state index in [1.807, 2.05) is 62.4 Å². The Morgan fingerprint density at radius 1 is 0.857 bits per heavy atom. The molecule has 0 unspecified atom stereocenters. The second-order valence-corrected chi connectivity index (χ2v) is 6.49. The van der Waals surface area contributed by atoms with Gasteiger partial charge in [-0.1, -0.05) is 30.3 Å². The molecule has 0 spiro atoms. The highest BCUT2D eigenvalue weighted by molar-refractivity contribution is 6.03. The molecule has 6 heteroatoms. The molecule has 0 aliphatic carbocycles. The van der Waals surface area contributed by atoms with Gasteiger partial charge < -0.3 is 10.6 Å². The van der Waals surface area contributed by atoms with Crippen LogP contribution >= 0.6 is 0 Å². The maximum absolute atomic E-state index is 12.5. The quantitative estimate of drug-likeness (QED) is 0.548. The molecule has 0 saturated heterocycles. The van der Waals surface area contributed by atoms with Gasteiger partial charge in [0.1, 0.15) is 11.5 Å². The Morgan fingerprint density at radius 3 is 2.46 bits per heavy atom. The predicted molar refractivity (Wildman–Crippen MR) is 111 cm³/mol. The van der Waals surface area contributed by atoms with E-state index < -0.39 is 0 Å². The van der Waals surface area contributed by atoms with Crippen LogP contribution in [-0.4, -0.2) is 20.9 Å². The van der Waals surface area contributed by atoms with Crippen LogP contribution in [0.25, 0.3) is 10.9 Å². The molecular weight excluding hydrogens is 350 g/mol. The molecule has 6 nitrogen and oxygen atoms in total. The Balaban J connectivity index is 1.52. The van der Waals surface area contributed by atoms with Crippen LogP contribution in [0.4, 0.5) is 17.2 Å². The number of anilines is 3. The monoisotopic (exact) mass is 369 g/mol. The van der Waals surface area contributed by atoms with Crippen LogP contribution in [0.3, 0.4) is 0 Å². The molecule has 2 aromatic heterocycles. The zero-order chi connectivity index (χ0) is 19.5. The van der Waals surface area contributed by atoms with Crippen molar-refractivity contribution < 1.29 is 4.79 Å². The average molecular weight is 369 g/mol. The SMILES string of the molecule is Cc1cccc(NC(=O)c2cnc(Nc3cccc4cccnc34)cn2)c1C. The van der Waals surface area contributed by atoms with Gasteiger partial charge in [0.2, 0.25) is 0 Å². The van der Waals surface area contributed by atoms with Gasteiger partial charge in [-0.2, -0.15) is 0 Å². The lowest BCUT2D eigenvalue weighted by atomic mass is 10.1. The largest absolute Gasteiger partial charge is 0.337 e. The van der Waals surface area contributed by atoms with Gasteiger partial charge in [0.25, 0.3) is 5.91 Å². The third kappa shape index (κ3) is 3.53. The summed E-state index contributed by atoms with van der Waals surface area (Å²) in [6.45, 7) is 3.98. The van der Waals surface area contributed by atoms with Crippen molar-refractivity contribution in [3.8, 4) is 0 Å². The van der Waals surface area contributed by atoms with Crippen molar-refractivity contribution in [1.82, 2.24) is 15.0 Å². The second-order valence-electron chi connectivity index (χ2n) is 6.49. The molecule has 0 radical (unpaired) electrons. The normalized spacial score (nSPS) is 10.6. The van der Waals surface area contributed by atoms with Crippen LogP contribution in [0.2, 0.25) is 0 Å². The van der Waals surface area contributed by atoms with Crippen molar-refractivity contribution in [2.45, 2.75) is 13.8 Å². The average Bonchev–Trinajstić information content (AvgIpc) is 2.72. The summed E-state index contributed by atoms with van der Waals surface area (Å²) in [6.07, 6.45) is 4.75. The highest BCUT2D eigenvalue weighted by Crippen LogP contribution is 2.23. The van der Waals surface area contributed by atoms with Gasteiger partial charge in [-0.15, -0.1) is 0 Å². The maximum atomic E-state index is 12.5. The molecule has 0 bridgehead atoms. The van der Waals surface area contributed by atoms with E-state index in [9.17, 15) is 4.79 Å². The second kappa shape index (κ2) is 7.44. The third-order valence-corrected chi connectivity index (χ3v) is 4.63. The first-order valence-corrected chi connectivity index (χ1v) is 8.92. The van der Waals surface area contributed by atoms with Crippen molar-refractivity contribution in [3.05, 3.63) is 83.9 Å². The molecule has 28 heavy (non-hydrogen) atoms. The standard InChI is InChI=1S/C22H19N5O/c1-14-6-3-9-17(15(14)2)27-22(28)19-12-25-20(13-24-19)26-18-10-4-7-16-8-5-11-23-21(16)18/h3-13H,1-2H3,(H,25,26)(H,27,28). The van der Waals surface area contributed by atoms with Crippen LogP contribution in [0.15, 0.2) is 67.1 Å². The van der Waals surface area contributed by atoms with Gasteiger partial charge in [-0.05, 0) is 43.2 Å². The van der Waals surface area contributed by atoms with Crippen molar-refractivity contribution in [2.75, 3.05) is 10.6 Å². The van der Waals surface area contributed by atoms with E-state index in [4.69, 9.17) is 0 Å². The summed E-state index contributed by atoms with van der Waals surface area (Å²) in [5.74, 6) is 0.251. The summed E-state index contributed by atoms with van der Waals surface area (Å²) in [6, 6.07) is 15.6. The number of aryl methyl sites for hydroxylation is 1. The Labute approximate surface area is 162 Å². The highest BCUT2D eigenvalue weighted by Gasteiger charge is 2.11. The number of benzene rings is 2. The molecule has 1 amide bonds. The first-order valence-electron chi connectivity index (χ1n) is 8.92. The number of nitrogens with one attached hydrogen (secondary N) is 2. The topological polar surface area (TPSA) is 79.8 Å². The van der Waals surface area contributed by atoms with Crippen LogP contribution in [0.5, 0.6) is 0 Å². The van der Waals surface area contributed by atoms with E-state index in [0.717, 1.165) is 33.4 Å². The van der Waals surface area contributed by atoms with Crippen molar-refractivity contribution in [3.63, 3.8) is 0 Å². The van der Waals surface area contributed by atoms with Crippen LogP contribution in [-0.2, 0) is 0 Å². The molecule has 138 valence electrons. The molecular formula is C22H19N5O. The zero-order valence-electron chi connectivity index (χ0n) is 15.6.